The number of hydrogen-bond donors (Lipinski definition) is 2. The first-order valence-electron chi connectivity index (χ1n) is 4.98. The highest BCUT2D eigenvalue weighted by atomic mass is 32.2. The number of hydrogen-bond acceptors (Lipinski definition) is 5. The Labute approximate surface area is 100.0 Å². The molecule has 0 aliphatic heterocycles. The number of anilines is 1. The van der Waals surface area contributed by atoms with E-state index in [1.807, 2.05) is 0 Å². The molecular weight excluding hydrogens is 242 g/mol. The van der Waals surface area contributed by atoms with Crippen LogP contribution >= 0.6 is 0 Å². The van der Waals surface area contributed by atoms with Crippen molar-refractivity contribution in [1.29, 1.82) is 5.26 Å². The number of pyridine rings is 1. The lowest BCUT2D eigenvalue weighted by Gasteiger charge is -2.11. The molecule has 1 aromatic rings. The number of aromatic hydroxyl groups is 1. The van der Waals surface area contributed by atoms with Gasteiger partial charge in [0.1, 0.15) is 0 Å². The summed E-state index contributed by atoms with van der Waals surface area (Å²) in [5, 5.41) is 17.0. The van der Waals surface area contributed by atoms with Gasteiger partial charge in [-0.15, -0.1) is 0 Å². The predicted octanol–water partition coefficient (Wildman–Crippen LogP) is 1.14. The number of nitriles is 1. The van der Waals surface area contributed by atoms with Crippen LogP contribution in [0.15, 0.2) is 12.1 Å². The molecule has 1 heterocycles. The van der Waals surface area contributed by atoms with Crippen LogP contribution in [0.4, 0.5) is 5.82 Å². The molecule has 1 unspecified atom stereocenters. The Morgan fingerprint density at radius 2 is 2.24 bits per heavy atom. The number of sulfonamides is 1. The third kappa shape index (κ3) is 3.07. The number of aryl methyl sites for hydroxylation is 1. The van der Waals surface area contributed by atoms with Crippen LogP contribution in [0.2, 0.25) is 0 Å². The fraction of sp³-hybridized carbons (Fsp3) is 0.400. The van der Waals surface area contributed by atoms with E-state index in [2.05, 4.69) is 9.71 Å². The minimum Gasteiger partial charge on any atom is -0.504 e. The van der Waals surface area contributed by atoms with Gasteiger partial charge in [0.25, 0.3) is 0 Å². The van der Waals surface area contributed by atoms with Gasteiger partial charge in [0.15, 0.2) is 16.8 Å². The van der Waals surface area contributed by atoms with Crippen LogP contribution in [0, 0.1) is 18.3 Å². The summed E-state index contributed by atoms with van der Waals surface area (Å²) >= 11 is 0. The molecular formula is C10H13N3O3S. The summed E-state index contributed by atoms with van der Waals surface area (Å²) in [7, 11) is -3.85. The zero-order valence-electron chi connectivity index (χ0n) is 9.51. The molecule has 0 saturated carbocycles. The first-order valence-corrected chi connectivity index (χ1v) is 6.53. The van der Waals surface area contributed by atoms with Crippen molar-refractivity contribution in [2.24, 2.45) is 0 Å². The normalized spacial score (nSPS) is 12.8. The van der Waals surface area contributed by atoms with Gasteiger partial charge in [-0.2, -0.15) is 5.26 Å². The van der Waals surface area contributed by atoms with Crippen molar-refractivity contribution in [2.75, 3.05) is 4.72 Å². The average Bonchev–Trinajstić information content (AvgIpc) is 2.24. The van der Waals surface area contributed by atoms with Crippen LogP contribution in [0.1, 0.15) is 19.0 Å². The fourth-order valence-electron chi connectivity index (χ4n) is 1.21. The van der Waals surface area contributed by atoms with Crippen LogP contribution in [-0.2, 0) is 10.0 Å². The van der Waals surface area contributed by atoms with E-state index in [1.54, 1.807) is 26.0 Å². The van der Waals surface area contributed by atoms with E-state index in [-0.39, 0.29) is 18.0 Å². The molecule has 0 aliphatic carbocycles. The van der Waals surface area contributed by atoms with E-state index < -0.39 is 15.3 Å². The van der Waals surface area contributed by atoms with Gasteiger partial charge < -0.3 is 5.11 Å². The Morgan fingerprint density at radius 3 is 2.76 bits per heavy atom. The van der Waals surface area contributed by atoms with E-state index in [9.17, 15) is 13.5 Å². The minimum atomic E-state index is -3.85. The summed E-state index contributed by atoms with van der Waals surface area (Å²) in [5.74, 6) is -0.425. The van der Waals surface area contributed by atoms with Crippen molar-refractivity contribution in [3.05, 3.63) is 17.8 Å². The molecule has 1 aromatic heterocycles. The van der Waals surface area contributed by atoms with Crippen molar-refractivity contribution in [2.45, 2.75) is 25.5 Å². The molecule has 0 amide bonds. The number of nitrogens with one attached hydrogen (secondary N) is 1. The average molecular weight is 255 g/mol. The Bertz CT molecular complexity index is 548. The van der Waals surface area contributed by atoms with Gasteiger partial charge in [-0.05, 0) is 25.5 Å². The largest absolute Gasteiger partial charge is 0.504 e. The third-order valence-electron chi connectivity index (χ3n) is 2.14. The van der Waals surface area contributed by atoms with Gasteiger partial charge in [0.05, 0.1) is 6.07 Å². The lowest BCUT2D eigenvalue weighted by Crippen LogP contribution is -2.26. The minimum absolute atomic E-state index is 0.154. The van der Waals surface area contributed by atoms with Crippen molar-refractivity contribution in [3.63, 3.8) is 0 Å². The first kappa shape index (κ1) is 13.3. The Morgan fingerprint density at radius 1 is 1.59 bits per heavy atom. The van der Waals surface area contributed by atoms with Crippen LogP contribution in [0.5, 0.6) is 5.75 Å². The lowest BCUT2D eigenvalue weighted by molar-refractivity contribution is 0.475. The molecule has 2 N–H and O–H groups in total. The number of aromatic nitrogens is 1. The quantitative estimate of drug-likeness (QED) is 0.839. The van der Waals surface area contributed by atoms with E-state index in [0.29, 0.717) is 5.69 Å². The summed E-state index contributed by atoms with van der Waals surface area (Å²) < 4.78 is 25.6. The third-order valence-corrected chi connectivity index (χ3v) is 3.81. The van der Waals surface area contributed by atoms with Gasteiger partial charge in [-0.3, -0.25) is 4.72 Å². The van der Waals surface area contributed by atoms with Gasteiger partial charge in [-0.25, -0.2) is 13.4 Å². The van der Waals surface area contributed by atoms with Crippen LogP contribution in [-0.4, -0.2) is 23.8 Å². The number of rotatable bonds is 4. The van der Waals surface area contributed by atoms with E-state index in [4.69, 9.17) is 5.26 Å². The molecule has 7 heteroatoms. The van der Waals surface area contributed by atoms with Crippen molar-refractivity contribution in [3.8, 4) is 11.8 Å². The topological polar surface area (TPSA) is 103 Å². The lowest BCUT2D eigenvalue weighted by atomic mass is 10.3. The second-order valence-corrected chi connectivity index (χ2v) is 5.36. The molecule has 0 bridgehead atoms. The van der Waals surface area contributed by atoms with Gasteiger partial charge in [0, 0.05) is 5.69 Å². The van der Waals surface area contributed by atoms with Gasteiger partial charge in [0.2, 0.25) is 10.0 Å². The molecule has 1 atom stereocenters. The standard InChI is InChI=1S/C10H13N3O3S/c1-3-8(6-11)17(15,16)13-10-9(14)5-4-7(2)12-10/h4-5,8,14H,3H2,1-2H3,(H,12,13). The van der Waals surface area contributed by atoms with Crippen molar-refractivity contribution >= 4 is 15.8 Å². The molecule has 0 fully saturated rings. The van der Waals surface area contributed by atoms with E-state index in [0.717, 1.165) is 0 Å². The highest BCUT2D eigenvalue weighted by Gasteiger charge is 2.24. The summed E-state index contributed by atoms with van der Waals surface area (Å²) in [6.07, 6.45) is 0.165. The summed E-state index contributed by atoms with van der Waals surface area (Å²) in [5.41, 5.74) is 0.561. The maximum atomic E-state index is 11.7. The monoisotopic (exact) mass is 255 g/mol. The van der Waals surface area contributed by atoms with E-state index >= 15 is 0 Å². The first-order chi connectivity index (χ1) is 7.90. The molecule has 92 valence electrons. The fourth-order valence-corrected chi connectivity index (χ4v) is 2.35. The van der Waals surface area contributed by atoms with Crippen LogP contribution < -0.4 is 4.72 Å². The van der Waals surface area contributed by atoms with Crippen LogP contribution in [0.3, 0.4) is 0 Å². The molecule has 6 nitrogen and oxygen atoms in total. The van der Waals surface area contributed by atoms with Gasteiger partial charge >= 0.3 is 0 Å². The zero-order chi connectivity index (χ0) is 13.1. The predicted molar refractivity (Wildman–Crippen MR) is 62.9 cm³/mol. The SMILES string of the molecule is CCC(C#N)S(=O)(=O)Nc1nc(C)ccc1O. The molecule has 0 saturated heterocycles. The second-order valence-electron chi connectivity index (χ2n) is 3.49. The summed E-state index contributed by atoms with van der Waals surface area (Å²) in [4.78, 5) is 3.86. The summed E-state index contributed by atoms with van der Waals surface area (Å²) in [6.45, 7) is 3.26. The zero-order valence-corrected chi connectivity index (χ0v) is 10.3. The molecule has 0 spiro atoms. The Kier molecular flexibility index (Phi) is 3.91. The highest BCUT2D eigenvalue weighted by Crippen LogP contribution is 2.22. The van der Waals surface area contributed by atoms with Crippen LogP contribution in [0.25, 0.3) is 0 Å². The molecule has 1 rings (SSSR count). The molecule has 17 heavy (non-hydrogen) atoms. The molecule has 0 aliphatic rings. The van der Waals surface area contributed by atoms with Crippen molar-refractivity contribution in [1.82, 2.24) is 4.98 Å². The maximum absolute atomic E-state index is 11.7. The molecule has 0 radical (unpaired) electrons. The van der Waals surface area contributed by atoms with E-state index in [1.165, 1.54) is 6.07 Å². The Balaban J connectivity index is 3.06. The number of nitrogens with zero attached hydrogens (tertiary/aromatic N) is 2. The molecule has 0 aromatic carbocycles. The second kappa shape index (κ2) is 5.01. The van der Waals surface area contributed by atoms with Crippen molar-refractivity contribution < 1.29 is 13.5 Å². The smallest absolute Gasteiger partial charge is 0.250 e. The van der Waals surface area contributed by atoms with Gasteiger partial charge in [-0.1, -0.05) is 6.92 Å². The maximum Gasteiger partial charge on any atom is 0.250 e. The highest BCUT2D eigenvalue weighted by molar-refractivity contribution is 7.93. The Hall–Kier alpha value is -1.81. The summed E-state index contributed by atoms with van der Waals surface area (Å²) in [6, 6.07) is 4.58.